The first-order valence-corrected chi connectivity index (χ1v) is 14.0. The van der Waals surface area contributed by atoms with Gasteiger partial charge in [0.1, 0.15) is 5.78 Å². The number of hydrogen-bond donors (Lipinski definition) is 0. The maximum absolute atomic E-state index is 13.1. The highest BCUT2D eigenvalue weighted by Gasteiger charge is 2.52. The predicted octanol–water partition coefficient (Wildman–Crippen LogP) is 5.28. The number of ketones is 1. The summed E-state index contributed by atoms with van der Waals surface area (Å²) in [6, 6.07) is 20.8. The van der Waals surface area contributed by atoms with E-state index in [0.29, 0.717) is 6.42 Å². The summed E-state index contributed by atoms with van der Waals surface area (Å²) in [6.07, 6.45) is 2.33. The second-order valence-electron chi connectivity index (χ2n) is 9.73. The van der Waals surface area contributed by atoms with Crippen LogP contribution in [-0.2, 0) is 18.8 Å². The molecule has 0 saturated carbocycles. The van der Waals surface area contributed by atoms with Gasteiger partial charge >= 0.3 is 5.97 Å². The van der Waals surface area contributed by atoms with Gasteiger partial charge in [-0.3, -0.25) is 4.79 Å². The van der Waals surface area contributed by atoms with Gasteiger partial charge in [-0.25, -0.2) is 0 Å². The van der Waals surface area contributed by atoms with Crippen LogP contribution in [0.25, 0.3) is 0 Å². The van der Waals surface area contributed by atoms with Crippen LogP contribution in [0.3, 0.4) is 0 Å². The Morgan fingerprint density at radius 3 is 1.82 bits per heavy atom. The Balaban J connectivity index is 2.71. The minimum atomic E-state index is -2.86. The zero-order valence-corrected chi connectivity index (χ0v) is 22.1. The van der Waals surface area contributed by atoms with Gasteiger partial charge < -0.3 is 14.0 Å². The van der Waals surface area contributed by atoms with Crippen molar-refractivity contribution in [1.29, 1.82) is 0 Å². The summed E-state index contributed by atoms with van der Waals surface area (Å²) in [4.78, 5) is 25.2. The molecule has 2 atom stereocenters. The molecule has 0 spiro atoms. The summed E-state index contributed by atoms with van der Waals surface area (Å²) in [6.45, 7) is 12.4. The number of carbonyl (C=O) groups excluding carboxylic acids is 2. The summed E-state index contributed by atoms with van der Waals surface area (Å²) in [5.41, 5.74) is 0. The lowest BCUT2D eigenvalue weighted by Gasteiger charge is -2.46. The Morgan fingerprint density at radius 2 is 1.42 bits per heavy atom. The van der Waals surface area contributed by atoms with Crippen molar-refractivity contribution < 1.29 is 18.8 Å². The molecular formula is C28H40O4Si. The Bertz CT molecular complexity index is 834. The third-order valence-electron chi connectivity index (χ3n) is 6.13. The largest absolute Gasteiger partial charge is 0.466 e. The van der Waals surface area contributed by atoms with Gasteiger partial charge in [0.15, 0.2) is 0 Å². The maximum atomic E-state index is 13.1. The topological polar surface area (TPSA) is 52.6 Å². The number of esters is 1. The first-order valence-electron chi connectivity index (χ1n) is 12.1. The molecule has 2 rings (SSSR count). The Hall–Kier alpha value is -2.24. The molecule has 0 N–H and O–H groups in total. The summed E-state index contributed by atoms with van der Waals surface area (Å²) >= 11 is 0. The molecule has 180 valence electrons. The Kier molecular flexibility index (Phi) is 10.1. The lowest BCUT2D eigenvalue weighted by molar-refractivity contribution is -0.153. The van der Waals surface area contributed by atoms with E-state index in [1.165, 1.54) is 6.92 Å². The lowest BCUT2D eigenvalue weighted by atomic mass is 9.93. The number of rotatable bonds is 12. The summed E-state index contributed by atoms with van der Waals surface area (Å²) in [5, 5.41) is 2.11. The van der Waals surface area contributed by atoms with Crippen LogP contribution >= 0.6 is 0 Å². The van der Waals surface area contributed by atoms with Crippen LogP contribution in [0.15, 0.2) is 60.7 Å². The normalized spacial score (nSPS) is 13.9. The van der Waals surface area contributed by atoms with E-state index in [-0.39, 0.29) is 29.8 Å². The van der Waals surface area contributed by atoms with E-state index in [0.717, 1.165) is 23.2 Å². The quantitative estimate of drug-likeness (QED) is 0.314. The monoisotopic (exact) mass is 468 g/mol. The van der Waals surface area contributed by atoms with Crippen LogP contribution in [0.5, 0.6) is 0 Å². The average Bonchev–Trinajstić information content (AvgIpc) is 2.78. The van der Waals surface area contributed by atoms with E-state index in [4.69, 9.17) is 9.16 Å². The third-order valence-corrected chi connectivity index (χ3v) is 11.2. The predicted molar refractivity (Wildman–Crippen MR) is 137 cm³/mol. The maximum Gasteiger partial charge on any atom is 0.311 e. The minimum Gasteiger partial charge on any atom is -0.466 e. The fourth-order valence-corrected chi connectivity index (χ4v) is 9.34. The highest BCUT2D eigenvalue weighted by Crippen LogP contribution is 2.39. The molecule has 0 radical (unpaired) electrons. The first-order chi connectivity index (χ1) is 15.7. The molecule has 33 heavy (non-hydrogen) atoms. The molecule has 0 aromatic heterocycles. The van der Waals surface area contributed by atoms with E-state index < -0.39 is 20.3 Å². The van der Waals surface area contributed by atoms with Crippen LogP contribution in [-0.4, -0.2) is 32.8 Å². The van der Waals surface area contributed by atoms with Crippen molar-refractivity contribution in [3.05, 3.63) is 60.7 Å². The first kappa shape index (κ1) is 27.0. The SMILES string of the molecule is CCCC[C@@H](O[Si](c1ccccc1)(c1ccccc1)C(C)(C)C)[C@H](CC(C)=O)C(=O)OCC. The number of unbranched alkanes of at least 4 members (excludes halogenated alkanes) is 1. The number of ether oxygens (including phenoxy) is 1. The van der Waals surface area contributed by atoms with E-state index in [1.54, 1.807) is 6.92 Å². The van der Waals surface area contributed by atoms with Crippen molar-refractivity contribution in [2.24, 2.45) is 5.92 Å². The van der Waals surface area contributed by atoms with Gasteiger partial charge in [-0.05, 0) is 35.7 Å². The van der Waals surface area contributed by atoms with Gasteiger partial charge in [-0.2, -0.15) is 0 Å². The number of benzene rings is 2. The van der Waals surface area contributed by atoms with E-state index >= 15 is 0 Å². The van der Waals surface area contributed by atoms with Crippen molar-refractivity contribution in [1.82, 2.24) is 0 Å². The summed E-state index contributed by atoms with van der Waals surface area (Å²) in [7, 11) is -2.86. The molecule has 2 aromatic rings. The highest BCUT2D eigenvalue weighted by atomic mass is 28.4. The fraction of sp³-hybridized carbons (Fsp3) is 0.500. The molecule has 0 aliphatic carbocycles. The van der Waals surface area contributed by atoms with Crippen molar-refractivity contribution in [3.8, 4) is 0 Å². The Morgan fingerprint density at radius 1 is 0.909 bits per heavy atom. The van der Waals surface area contributed by atoms with Crippen LogP contribution < -0.4 is 10.4 Å². The molecule has 0 unspecified atom stereocenters. The fourth-order valence-electron chi connectivity index (χ4n) is 4.59. The molecular weight excluding hydrogens is 428 g/mol. The molecule has 0 bridgehead atoms. The van der Waals surface area contributed by atoms with E-state index in [1.807, 2.05) is 12.1 Å². The second-order valence-corrected chi connectivity index (χ2v) is 14.0. The van der Waals surface area contributed by atoms with Crippen molar-refractivity contribution >= 4 is 30.4 Å². The van der Waals surface area contributed by atoms with Crippen LogP contribution in [0.2, 0.25) is 5.04 Å². The molecule has 0 aliphatic rings. The smallest absolute Gasteiger partial charge is 0.311 e. The second kappa shape index (κ2) is 12.3. The minimum absolute atomic E-state index is 0.0272. The molecule has 2 aromatic carbocycles. The van der Waals surface area contributed by atoms with Crippen LogP contribution in [0.4, 0.5) is 0 Å². The van der Waals surface area contributed by atoms with Gasteiger partial charge in [0.25, 0.3) is 8.32 Å². The van der Waals surface area contributed by atoms with Gasteiger partial charge in [-0.15, -0.1) is 0 Å². The number of carbonyl (C=O) groups is 2. The summed E-state index contributed by atoms with van der Waals surface area (Å²) in [5.74, 6) is -0.983. The average molecular weight is 469 g/mol. The van der Waals surface area contributed by atoms with Crippen LogP contribution in [0.1, 0.15) is 67.2 Å². The summed E-state index contributed by atoms with van der Waals surface area (Å²) < 4.78 is 12.7. The van der Waals surface area contributed by atoms with Gasteiger partial charge in [0.2, 0.25) is 0 Å². The van der Waals surface area contributed by atoms with E-state index in [9.17, 15) is 9.59 Å². The van der Waals surface area contributed by atoms with E-state index in [2.05, 4.69) is 76.2 Å². The van der Waals surface area contributed by atoms with Crippen molar-refractivity contribution in [2.45, 2.75) is 78.4 Å². The third kappa shape index (κ3) is 6.64. The zero-order valence-electron chi connectivity index (χ0n) is 21.1. The molecule has 0 amide bonds. The molecule has 5 heteroatoms. The standard InChI is InChI=1S/C28H40O4Si/c1-7-9-20-26(25(21-22(3)29)27(30)31-8-2)32-33(28(4,5)6,23-16-12-10-13-17-23)24-18-14-11-15-19-24/h10-19,25-26H,7-9,20-21H2,1-6H3/t25-,26+/m0/s1. The lowest BCUT2D eigenvalue weighted by Crippen LogP contribution is -2.68. The van der Waals surface area contributed by atoms with Crippen LogP contribution in [0, 0.1) is 5.92 Å². The number of hydrogen-bond acceptors (Lipinski definition) is 4. The highest BCUT2D eigenvalue weighted by molar-refractivity contribution is 6.99. The molecule has 0 fully saturated rings. The van der Waals surface area contributed by atoms with Gasteiger partial charge in [-0.1, -0.05) is 101 Å². The molecule has 0 saturated heterocycles. The molecule has 4 nitrogen and oxygen atoms in total. The van der Waals surface area contributed by atoms with Gasteiger partial charge in [0, 0.05) is 6.42 Å². The van der Waals surface area contributed by atoms with Crippen molar-refractivity contribution in [2.75, 3.05) is 6.61 Å². The molecule has 0 heterocycles. The van der Waals surface area contributed by atoms with Gasteiger partial charge in [0.05, 0.1) is 18.6 Å². The molecule has 0 aliphatic heterocycles. The Labute approximate surface area is 200 Å². The van der Waals surface area contributed by atoms with Crippen molar-refractivity contribution in [3.63, 3.8) is 0 Å². The zero-order chi connectivity index (χ0) is 24.5. The number of Topliss-reactive ketones (excluding diaryl/α,β-unsaturated/α-hetero) is 1.